The van der Waals surface area contributed by atoms with Gasteiger partial charge in [-0.1, -0.05) is 18.2 Å². The number of para-hydroxylation sites is 1. The van der Waals surface area contributed by atoms with Gasteiger partial charge in [0.2, 0.25) is 0 Å². The van der Waals surface area contributed by atoms with Crippen LogP contribution in [0, 0.1) is 18.3 Å². The van der Waals surface area contributed by atoms with Crippen molar-refractivity contribution < 1.29 is 14.6 Å². The van der Waals surface area contributed by atoms with Crippen LogP contribution in [0.4, 0.5) is 11.5 Å². The Hall–Kier alpha value is -3.70. The van der Waals surface area contributed by atoms with E-state index in [1.54, 1.807) is 24.3 Å². The number of hydrogen-bond acceptors (Lipinski definition) is 7. The maximum Gasteiger partial charge on any atom is 0.337 e. The van der Waals surface area contributed by atoms with Gasteiger partial charge in [0, 0.05) is 24.3 Å². The second-order valence-electron chi connectivity index (χ2n) is 8.07. The highest BCUT2D eigenvalue weighted by Gasteiger charge is 2.24. The number of carbonyl (C=O) groups is 1. The summed E-state index contributed by atoms with van der Waals surface area (Å²) in [6, 6.07) is 12.7. The topological polar surface area (TPSA) is 111 Å². The quantitative estimate of drug-likeness (QED) is 0.626. The van der Waals surface area contributed by atoms with E-state index in [0.29, 0.717) is 47.9 Å². The van der Waals surface area contributed by atoms with Crippen molar-refractivity contribution >= 4 is 28.5 Å². The number of carboxylic acids is 1. The van der Waals surface area contributed by atoms with Crippen molar-refractivity contribution in [2.45, 2.75) is 32.9 Å². The van der Waals surface area contributed by atoms with Gasteiger partial charge in [-0.05, 0) is 44.5 Å². The summed E-state index contributed by atoms with van der Waals surface area (Å²) in [6.45, 7) is 7.76. The number of aryl methyl sites for hydroxylation is 1. The molecule has 0 bridgehead atoms. The van der Waals surface area contributed by atoms with Gasteiger partial charge < -0.3 is 20.1 Å². The van der Waals surface area contributed by atoms with Gasteiger partial charge in [-0.15, -0.1) is 0 Å². The molecule has 1 aliphatic heterocycles. The third-order valence-corrected chi connectivity index (χ3v) is 5.57. The smallest absolute Gasteiger partial charge is 0.337 e. The van der Waals surface area contributed by atoms with Crippen molar-refractivity contribution in [3.63, 3.8) is 0 Å². The number of rotatable bonds is 5. The van der Waals surface area contributed by atoms with Crippen LogP contribution in [0.5, 0.6) is 0 Å². The third kappa shape index (κ3) is 4.20. The molecule has 4 rings (SSSR count). The zero-order valence-electron chi connectivity index (χ0n) is 18.3. The number of carboxylic acid groups (broad SMARTS) is 1. The molecule has 2 heterocycles. The molecule has 0 saturated carbocycles. The Bertz CT molecular complexity index is 1220. The van der Waals surface area contributed by atoms with Crippen LogP contribution in [0.25, 0.3) is 11.0 Å². The highest BCUT2D eigenvalue weighted by atomic mass is 16.5. The summed E-state index contributed by atoms with van der Waals surface area (Å²) in [7, 11) is 0. The molecule has 32 heavy (non-hydrogen) atoms. The molecular formula is C24H25N5O3. The van der Waals surface area contributed by atoms with Crippen LogP contribution in [0.15, 0.2) is 36.4 Å². The van der Waals surface area contributed by atoms with Gasteiger partial charge in [-0.2, -0.15) is 5.26 Å². The van der Waals surface area contributed by atoms with E-state index in [2.05, 4.69) is 16.4 Å². The number of aromatic nitrogens is 2. The molecule has 0 amide bonds. The zero-order valence-corrected chi connectivity index (χ0v) is 18.3. The van der Waals surface area contributed by atoms with Gasteiger partial charge in [-0.3, -0.25) is 0 Å². The molecule has 0 aliphatic carbocycles. The molecule has 0 spiro atoms. The minimum Gasteiger partial charge on any atom is -0.478 e. The lowest BCUT2D eigenvalue weighted by Gasteiger charge is -2.32. The lowest BCUT2D eigenvalue weighted by molar-refractivity contribution is 0.0529. The van der Waals surface area contributed by atoms with Gasteiger partial charge in [0.05, 0.1) is 35.3 Å². The summed E-state index contributed by atoms with van der Waals surface area (Å²) in [5.74, 6) is -0.435. The van der Waals surface area contributed by atoms with E-state index in [1.807, 2.05) is 37.8 Å². The Morgan fingerprint density at radius 1 is 1.34 bits per heavy atom. The van der Waals surface area contributed by atoms with Crippen LogP contribution in [-0.4, -0.2) is 46.8 Å². The van der Waals surface area contributed by atoms with Crippen molar-refractivity contribution in [1.29, 1.82) is 5.26 Å². The number of nitrogens with one attached hydrogen (secondary N) is 1. The number of nitriles is 1. The molecule has 3 aromatic rings. The first-order valence-electron chi connectivity index (χ1n) is 10.5. The van der Waals surface area contributed by atoms with E-state index in [4.69, 9.17) is 9.72 Å². The average Bonchev–Trinajstić information content (AvgIpc) is 2.77. The molecular weight excluding hydrogens is 406 g/mol. The minimum absolute atomic E-state index is 0.0402. The van der Waals surface area contributed by atoms with Crippen molar-refractivity contribution in [3.05, 3.63) is 58.8 Å². The second kappa shape index (κ2) is 8.81. The summed E-state index contributed by atoms with van der Waals surface area (Å²) >= 11 is 0. The monoisotopic (exact) mass is 431 g/mol. The number of benzene rings is 2. The first-order chi connectivity index (χ1) is 15.4. The predicted octanol–water partition coefficient (Wildman–Crippen LogP) is 3.91. The summed E-state index contributed by atoms with van der Waals surface area (Å²) in [5, 5.41) is 22.6. The van der Waals surface area contributed by atoms with Gasteiger partial charge >= 0.3 is 5.97 Å². The summed E-state index contributed by atoms with van der Waals surface area (Å²) < 4.78 is 5.63. The Labute approximate surface area is 186 Å². The fourth-order valence-corrected chi connectivity index (χ4v) is 4.07. The summed E-state index contributed by atoms with van der Waals surface area (Å²) in [6.07, 6.45) is 0.0402. The SMILES string of the molecule is Cc1cc([C@@H](C)Nc2ccccc2C(=O)O)c2nc(N3CCOC(C)C3)c(C#N)nc2c1. The van der Waals surface area contributed by atoms with Crippen LogP contribution in [-0.2, 0) is 4.74 Å². The highest BCUT2D eigenvalue weighted by molar-refractivity contribution is 5.94. The van der Waals surface area contributed by atoms with Crippen molar-refractivity contribution in [1.82, 2.24) is 9.97 Å². The first kappa shape index (κ1) is 21.5. The third-order valence-electron chi connectivity index (χ3n) is 5.57. The minimum atomic E-state index is -0.989. The molecule has 1 aromatic heterocycles. The second-order valence-corrected chi connectivity index (χ2v) is 8.07. The number of anilines is 2. The lowest BCUT2D eigenvalue weighted by atomic mass is 10.0. The zero-order chi connectivity index (χ0) is 22.8. The van der Waals surface area contributed by atoms with E-state index in [1.165, 1.54) is 0 Å². The number of aromatic carboxylic acids is 1. The number of nitrogens with zero attached hydrogens (tertiary/aromatic N) is 4. The van der Waals surface area contributed by atoms with Crippen LogP contribution >= 0.6 is 0 Å². The van der Waals surface area contributed by atoms with E-state index >= 15 is 0 Å². The average molecular weight is 431 g/mol. The molecule has 1 fully saturated rings. The molecule has 1 saturated heterocycles. The lowest BCUT2D eigenvalue weighted by Crippen LogP contribution is -2.42. The Morgan fingerprint density at radius 3 is 2.84 bits per heavy atom. The Balaban J connectivity index is 1.80. The van der Waals surface area contributed by atoms with Crippen molar-refractivity contribution in [2.24, 2.45) is 0 Å². The predicted molar refractivity (Wildman–Crippen MR) is 122 cm³/mol. The van der Waals surface area contributed by atoms with Crippen LogP contribution in [0.3, 0.4) is 0 Å². The molecule has 8 nitrogen and oxygen atoms in total. The molecule has 2 aromatic carbocycles. The van der Waals surface area contributed by atoms with E-state index in [0.717, 1.165) is 11.1 Å². The highest BCUT2D eigenvalue weighted by Crippen LogP contribution is 2.30. The normalized spacial score (nSPS) is 17.1. The van der Waals surface area contributed by atoms with Crippen LogP contribution in [0.2, 0.25) is 0 Å². The van der Waals surface area contributed by atoms with E-state index in [9.17, 15) is 15.2 Å². The molecule has 1 unspecified atom stereocenters. The summed E-state index contributed by atoms with van der Waals surface area (Å²) in [5.41, 5.74) is 4.24. The number of ether oxygens (including phenoxy) is 1. The Morgan fingerprint density at radius 2 is 2.12 bits per heavy atom. The van der Waals surface area contributed by atoms with Gasteiger partial charge in [0.25, 0.3) is 0 Å². The molecule has 0 radical (unpaired) electrons. The fourth-order valence-electron chi connectivity index (χ4n) is 4.07. The van der Waals surface area contributed by atoms with E-state index < -0.39 is 5.97 Å². The molecule has 8 heteroatoms. The van der Waals surface area contributed by atoms with Crippen LogP contribution in [0.1, 0.15) is 47.1 Å². The fraction of sp³-hybridized carbons (Fsp3) is 0.333. The molecule has 1 aliphatic rings. The maximum absolute atomic E-state index is 11.6. The van der Waals surface area contributed by atoms with Gasteiger partial charge in [-0.25, -0.2) is 14.8 Å². The van der Waals surface area contributed by atoms with E-state index in [-0.39, 0.29) is 17.7 Å². The number of hydrogen-bond donors (Lipinski definition) is 2. The molecule has 2 N–H and O–H groups in total. The van der Waals surface area contributed by atoms with Gasteiger partial charge in [0.15, 0.2) is 11.5 Å². The Kier molecular flexibility index (Phi) is 5.93. The number of morpholine rings is 1. The molecule has 2 atom stereocenters. The van der Waals surface area contributed by atoms with Crippen LogP contribution < -0.4 is 10.2 Å². The van der Waals surface area contributed by atoms with Crippen molar-refractivity contribution in [2.75, 3.05) is 29.9 Å². The summed E-state index contributed by atoms with van der Waals surface area (Å²) in [4.78, 5) is 23.2. The first-order valence-corrected chi connectivity index (χ1v) is 10.5. The standard InChI is InChI=1S/C24H25N5O3/c1-14-10-18(16(3)26-19-7-5-4-6-17(19)24(30)31)22-20(11-14)27-21(12-25)23(28-22)29-8-9-32-15(2)13-29/h4-7,10-11,15-16,26H,8-9,13H2,1-3H3,(H,30,31)/t15?,16-/m1/s1. The van der Waals surface area contributed by atoms with Crippen molar-refractivity contribution in [3.8, 4) is 6.07 Å². The molecule has 164 valence electrons. The number of fused-ring (bicyclic) bond motifs is 1. The van der Waals surface area contributed by atoms with Gasteiger partial charge in [0.1, 0.15) is 6.07 Å². The maximum atomic E-state index is 11.6. The largest absolute Gasteiger partial charge is 0.478 e.